The van der Waals surface area contributed by atoms with E-state index in [9.17, 15) is 9.59 Å². The smallest absolute Gasteiger partial charge is 0.340 e. The van der Waals surface area contributed by atoms with Gasteiger partial charge in [0.05, 0.1) is 16.8 Å². The third-order valence-electron chi connectivity index (χ3n) is 4.46. The number of esters is 1. The number of carbonyl (C=O) groups excluding carboxylic acids is 2. The average molecular weight is 397 g/mol. The third-order valence-corrected chi connectivity index (χ3v) is 4.70. The molecule has 3 rings (SSSR count). The second-order valence-corrected chi connectivity index (χ2v) is 6.86. The Balaban J connectivity index is 1.68. The normalized spacial score (nSPS) is 10.7. The van der Waals surface area contributed by atoms with Crippen molar-refractivity contribution in [3.8, 4) is 0 Å². The van der Waals surface area contributed by atoms with Gasteiger partial charge in [-0.1, -0.05) is 41.9 Å². The number of halogens is 1. The highest BCUT2D eigenvalue weighted by molar-refractivity contribution is 6.31. The largest absolute Gasteiger partial charge is 0.452 e. The monoisotopic (exact) mass is 396 g/mol. The number of benzene rings is 2. The number of aromatic nitrogens is 1. The maximum atomic E-state index is 12.5. The number of carbonyl (C=O) groups is 2. The Hall–Kier alpha value is -2.92. The standard InChI is InChI=1S/C22H21ClN2O3/c1-3-25(13-16-7-5-4-6-8-16)21(26)14-28-22(27)19-12-17-11-18(23)9-10-20(17)24-15(19)2/h4-12H,3,13-14H2,1-2H3. The van der Waals surface area contributed by atoms with Gasteiger partial charge in [0.2, 0.25) is 0 Å². The zero-order valence-electron chi connectivity index (χ0n) is 15.8. The summed E-state index contributed by atoms with van der Waals surface area (Å²) < 4.78 is 5.27. The SMILES string of the molecule is CCN(Cc1ccccc1)C(=O)COC(=O)c1cc2cc(Cl)ccc2nc1C. The second kappa shape index (κ2) is 8.85. The van der Waals surface area contributed by atoms with Gasteiger partial charge in [-0.05, 0) is 43.7 Å². The number of pyridine rings is 1. The number of amides is 1. The van der Waals surface area contributed by atoms with Crippen LogP contribution in [0.3, 0.4) is 0 Å². The van der Waals surface area contributed by atoms with E-state index in [-0.39, 0.29) is 12.5 Å². The van der Waals surface area contributed by atoms with Gasteiger partial charge >= 0.3 is 5.97 Å². The number of ether oxygens (including phenoxy) is 1. The fourth-order valence-corrected chi connectivity index (χ4v) is 3.11. The lowest BCUT2D eigenvalue weighted by Crippen LogP contribution is -2.34. The number of hydrogen-bond donors (Lipinski definition) is 0. The van der Waals surface area contributed by atoms with Crippen LogP contribution in [-0.4, -0.2) is 34.9 Å². The molecule has 6 heteroatoms. The number of fused-ring (bicyclic) bond motifs is 1. The predicted molar refractivity (Wildman–Crippen MR) is 109 cm³/mol. The van der Waals surface area contributed by atoms with Crippen molar-refractivity contribution < 1.29 is 14.3 Å². The Labute approximate surface area is 168 Å². The summed E-state index contributed by atoms with van der Waals surface area (Å²) in [7, 11) is 0. The van der Waals surface area contributed by atoms with Gasteiger partial charge in [0.25, 0.3) is 5.91 Å². The maximum Gasteiger partial charge on any atom is 0.340 e. The van der Waals surface area contributed by atoms with Gasteiger partial charge < -0.3 is 9.64 Å². The first-order valence-corrected chi connectivity index (χ1v) is 9.41. The van der Waals surface area contributed by atoms with E-state index in [1.807, 2.05) is 37.3 Å². The highest BCUT2D eigenvalue weighted by Crippen LogP contribution is 2.21. The summed E-state index contributed by atoms with van der Waals surface area (Å²) in [4.78, 5) is 31.0. The Morgan fingerprint density at radius 3 is 2.57 bits per heavy atom. The molecule has 0 spiro atoms. The van der Waals surface area contributed by atoms with E-state index in [1.54, 1.807) is 36.1 Å². The Bertz CT molecular complexity index is 1010. The minimum atomic E-state index is -0.573. The van der Waals surface area contributed by atoms with Crippen molar-refractivity contribution in [2.24, 2.45) is 0 Å². The number of hydrogen-bond acceptors (Lipinski definition) is 4. The minimum absolute atomic E-state index is 0.242. The maximum absolute atomic E-state index is 12.5. The molecule has 144 valence electrons. The topological polar surface area (TPSA) is 59.5 Å². The van der Waals surface area contributed by atoms with Crippen molar-refractivity contribution in [3.05, 3.63) is 76.4 Å². The van der Waals surface area contributed by atoms with Crippen LogP contribution in [0.4, 0.5) is 0 Å². The lowest BCUT2D eigenvalue weighted by molar-refractivity contribution is -0.134. The van der Waals surface area contributed by atoms with Gasteiger partial charge in [0.15, 0.2) is 6.61 Å². The van der Waals surface area contributed by atoms with E-state index in [2.05, 4.69) is 4.98 Å². The molecule has 3 aromatic rings. The van der Waals surface area contributed by atoms with Gasteiger partial charge in [-0.2, -0.15) is 0 Å². The predicted octanol–water partition coefficient (Wildman–Crippen LogP) is 4.40. The molecule has 0 N–H and O–H groups in total. The zero-order chi connectivity index (χ0) is 20.1. The van der Waals surface area contributed by atoms with Gasteiger partial charge in [0.1, 0.15) is 0 Å². The van der Waals surface area contributed by atoms with E-state index in [0.717, 1.165) is 16.5 Å². The Kier molecular flexibility index (Phi) is 6.26. The van der Waals surface area contributed by atoms with Crippen LogP contribution in [0.5, 0.6) is 0 Å². The summed E-state index contributed by atoms with van der Waals surface area (Å²) in [5, 5.41) is 1.31. The summed E-state index contributed by atoms with van der Waals surface area (Å²) in [6.07, 6.45) is 0. The van der Waals surface area contributed by atoms with Crippen molar-refractivity contribution in [1.29, 1.82) is 0 Å². The van der Waals surface area contributed by atoms with Crippen molar-refractivity contribution in [2.75, 3.05) is 13.2 Å². The molecule has 2 aromatic carbocycles. The van der Waals surface area contributed by atoms with Crippen LogP contribution in [0, 0.1) is 6.92 Å². The van der Waals surface area contributed by atoms with Crippen LogP contribution in [0.1, 0.15) is 28.5 Å². The molecule has 0 bridgehead atoms. The molecule has 0 aliphatic rings. The molecular weight excluding hydrogens is 376 g/mol. The van der Waals surface area contributed by atoms with E-state index >= 15 is 0 Å². The zero-order valence-corrected chi connectivity index (χ0v) is 16.6. The fraction of sp³-hybridized carbons (Fsp3) is 0.227. The number of nitrogens with zero attached hydrogens (tertiary/aromatic N) is 2. The van der Waals surface area contributed by atoms with Crippen LogP contribution in [0.25, 0.3) is 10.9 Å². The molecule has 0 atom stereocenters. The first kappa shape index (κ1) is 19.8. The third kappa shape index (κ3) is 4.67. The molecular formula is C22H21ClN2O3. The van der Waals surface area contributed by atoms with Crippen LogP contribution in [0.15, 0.2) is 54.6 Å². The molecule has 0 radical (unpaired) electrons. The quantitative estimate of drug-likeness (QED) is 0.579. The van der Waals surface area contributed by atoms with Gasteiger partial charge in [-0.25, -0.2) is 4.79 Å². The Morgan fingerprint density at radius 1 is 1.11 bits per heavy atom. The first-order chi connectivity index (χ1) is 13.5. The van der Waals surface area contributed by atoms with Crippen LogP contribution >= 0.6 is 11.6 Å². The highest BCUT2D eigenvalue weighted by Gasteiger charge is 2.18. The van der Waals surface area contributed by atoms with E-state index in [4.69, 9.17) is 16.3 Å². The van der Waals surface area contributed by atoms with Gasteiger partial charge in [-0.15, -0.1) is 0 Å². The summed E-state index contributed by atoms with van der Waals surface area (Å²) in [5.41, 5.74) is 2.64. The van der Waals surface area contributed by atoms with Crippen LogP contribution in [0.2, 0.25) is 5.02 Å². The minimum Gasteiger partial charge on any atom is -0.452 e. The molecule has 0 aliphatic carbocycles. The highest BCUT2D eigenvalue weighted by atomic mass is 35.5. The molecule has 0 saturated carbocycles. The molecule has 1 heterocycles. The number of aryl methyl sites for hydroxylation is 1. The van der Waals surface area contributed by atoms with E-state index in [0.29, 0.717) is 29.4 Å². The van der Waals surface area contributed by atoms with Crippen molar-refractivity contribution in [3.63, 3.8) is 0 Å². The molecule has 1 aromatic heterocycles. The number of likely N-dealkylation sites (N-methyl/N-ethyl adjacent to an activating group) is 1. The van der Waals surface area contributed by atoms with E-state index < -0.39 is 5.97 Å². The summed E-state index contributed by atoms with van der Waals surface area (Å²) in [5.74, 6) is -0.815. The van der Waals surface area contributed by atoms with Crippen molar-refractivity contribution >= 4 is 34.4 Å². The first-order valence-electron chi connectivity index (χ1n) is 9.03. The Morgan fingerprint density at radius 2 is 1.86 bits per heavy atom. The van der Waals surface area contributed by atoms with Crippen LogP contribution < -0.4 is 0 Å². The molecule has 28 heavy (non-hydrogen) atoms. The fourth-order valence-electron chi connectivity index (χ4n) is 2.93. The summed E-state index contributed by atoms with van der Waals surface area (Å²) >= 11 is 6.02. The number of rotatable bonds is 6. The lowest BCUT2D eigenvalue weighted by atomic mass is 10.1. The average Bonchev–Trinajstić information content (AvgIpc) is 2.70. The van der Waals surface area contributed by atoms with Crippen LogP contribution in [-0.2, 0) is 16.1 Å². The molecule has 5 nitrogen and oxygen atoms in total. The van der Waals surface area contributed by atoms with Gasteiger partial charge in [0, 0.05) is 23.5 Å². The summed E-state index contributed by atoms with van der Waals surface area (Å²) in [6, 6.07) is 16.7. The second-order valence-electron chi connectivity index (χ2n) is 6.43. The van der Waals surface area contributed by atoms with Gasteiger partial charge in [-0.3, -0.25) is 9.78 Å². The lowest BCUT2D eigenvalue weighted by Gasteiger charge is -2.21. The molecule has 0 fully saturated rings. The molecule has 0 unspecified atom stereocenters. The van der Waals surface area contributed by atoms with Crippen molar-refractivity contribution in [1.82, 2.24) is 9.88 Å². The molecule has 1 amide bonds. The molecule has 0 saturated heterocycles. The molecule has 0 aliphatic heterocycles. The van der Waals surface area contributed by atoms with Crippen molar-refractivity contribution in [2.45, 2.75) is 20.4 Å². The van der Waals surface area contributed by atoms with E-state index in [1.165, 1.54) is 0 Å². The summed E-state index contributed by atoms with van der Waals surface area (Å²) in [6.45, 7) is 4.32.